The number of rotatable bonds is 5. The van der Waals surface area contributed by atoms with Gasteiger partial charge in [0.05, 0.1) is 17.1 Å². The zero-order valence-corrected chi connectivity index (χ0v) is 13.0. The molecule has 106 valence electrons. The lowest BCUT2D eigenvalue weighted by Crippen LogP contribution is -2.19. The van der Waals surface area contributed by atoms with Crippen molar-refractivity contribution in [2.45, 2.75) is 6.42 Å². The number of nitrogen functional groups attached to an aromatic ring is 1. The van der Waals surface area contributed by atoms with E-state index in [1.54, 1.807) is 36.5 Å². The molecule has 7 heteroatoms. The summed E-state index contributed by atoms with van der Waals surface area (Å²) in [6, 6.07) is 10.4. The molecule has 0 atom stereocenters. The van der Waals surface area contributed by atoms with E-state index in [1.807, 2.05) is 6.07 Å². The summed E-state index contributed by atoms with van der Waals surface area (Å²) >= 11 is 3.23. The summed E-state index contributed by atoms with van der Waals surface area (Å²) in [5, 5.41) is 0. The first-order chi connectivity index (χ1) is 9.46. The van der Waals surface area contributed by atoms with Crippen LogP contribution in [0.2, 0.25) is 0 Å². The fraction of sp³-hybridized carbons (Fsp3) is 0.154. The second-order valence-corrected chi connectivity index (χ2v) is 6.90. The van der Waals surface area contributed by atoms with Gasteiger partial charge in [-0.2, -0.15) is 0 Å². The first-order valence-corrected chi connectivity index (χ1v) is 8.36. The molecule has 5 nitrogen and oxygen atoms in total. The molecule has 1 aromatic heterocycles. The predicted molar refractivity (Wildman–Crippen MR) is 83.9 cm³/mol. The highest BCUT2D eigenvalue weighted by molar-refractivity contribution is 9.10. The van der Waals surface area contributed by atoms with Crippen LogP contribution in [0.4, 0.5) is 11.4 Å². The van der Waals surface area contributed by atoms with Crippen LogP contribution in [-0.4, -0.2) is 19.2 Å². The minimum atomic E-state index is -3.43. The molecule has 0 aliphatic carbocycles. The first-order valence-electron chi connectivity index (χ1n) is 5.92. The maximum Gasteiger partial charge on any atom is 0.233 e. The SMILES string of the molecule is Nc1ccccc1NS(=O)(=O)CCc1ccc(Br)nc1. The number of hydrogen-bond acceptors (Lipinski definition) is 4. The van der Waals surface area contributed by atoms with Gasteiger partial charge in [0.15, 0.2) is 0 Å². The Balaban J connectivity index is 2.01. The number of halogens is 1. The Morgan fingerprint density at radius 3 is 2.60 bits per heavy atom. The van der Waals surface area contributed by atoms with E-state index >= 15 is 0 Å². The van der Waals surface area contributed by atoms with Gasteiger partial charge in [-0.05, 0) is 46.1 Å². The zero-order valence-electron chi connectivity index (χ0n) is 10.6. The maximum atomic E-state index is 12.0. The van der Waals surface area contributed by atoms with Gasteiger partial charge in [-0.1, -0.05) is 18.2 Å². The number of nitrogens with one attached hydrogen (secondary N) is 1. The van der Waals surface area contributed by atoms with Crippen LogP contribution in [0, 0.1) is 0 Å². The van der Waals surface area contributed by atoms with E-state index < -0.39 is 10.0 Å². The number of pyridine rings is 1. The third-order valence-corrected chi connectivity index (χ3v) is 4.42. The molecule has 3 N–H and O–H groups in total. The summed E-state index contributed by atoms with van der Waals surface area (Å²) in [5.41, 5.74) is 7.38. The number of para-hydroxylation sites is 2. The second-order valence-electron chi connectivity index (χ2n) is 4.25. The fourth-order valence-electron chi connectivity index (χ4n) is 1.62. The van der Waals surface area contributed by atoms with Crippen LogP contribution in [0.5, 0.6) is 0 Å². The molecule has 20 heavy (non-hydrogen) atoms. The topological polar surface area (TPSA) is 85.1 Å². The van der Waals surface area contributed by atoms with E-state index in [0.717, 1.165) is 10.2 Å². The molecular formula is C13H14BrN3O2S. The highest BCUT2D eigenvalue weighted by Gasteiger charge is 2.12. The molecule has 0 amide bonds. The van der Waals surface area contributed by atoms with Gasteiger partial charge in [-0.3, -0.25) is 4.72 Å². The third kappa shape index (κ3) is 4.21. The Morgan fingerprint density at radius 2 is 1.95 bits per heavy atom. The lowest BCUT2D eigenvalue weighted by atomic mass is 10.2. The molecule has 0 saturated heterocycles. The molecule has 1 aromatic carbocycles. The van der Waals surface area contributed by atoms with Gasteiger partial charge in [-0.15, -0.1) is 0 Å². The monoisotopic (exact) mass is 355 g/mol. The zero-order chi connectivity index (χ0) is 14.6. The summed E-state index contributed by atoms with van der Waals surface area (Å²) in [7, 11) is -3.43. The van der Waals surface area contributed by atoms with E-state index in [0.29, 0.717) is 17.8 Å². The fourth-order valence-corrected chi connectivity index (χ4v) is 2.98. The van der Waals surface area contributed by atoms with Crippen LogP contribution < -0.4 is 10.5 Å². The van der Waals surface area contributed by atoms with Crippen molar-refractivity contribution in [2.75, 3.05) is 16.2 Å². The summed E-state index contributed by atoms with van der Waals surface area (Å²) in [6.07, 6.45) is 2.04. The molecule has 2 aromatic rings. The standard InChI is InChI=1S/C13H14BrN3O2S/c14-13-6-5-10(9-16-13)7-8-20(18,19)17-12-4-2-1-3-11(12)15/h1-6,9,17H,7-8,15H2. The maximum absolute atomic E-state index is 12.0. The van der Waals surface area contributed by atoms with E-state index in [4.69, 9.17) is 5.73 Å². The molecule has 1 heterocycles. The molecule has 0 saturated carbocycles. The highest BCUT2D eigenvalue weighted by Crippen LogP contribution is 2.18. The van der Waals surface area contributed by atoms with Crippen molar-refractivity contribution in [3.05, 3.63) is 52.8 Å². The predicted octanol–water partition coefficient (Wildman–Crippen LogP) is 2.41. The van der Waals surface area contributed by atoms with Crippen LogP contribution >= 0.6 is 15.9 Å². The van der Waals surface area contributed by atoms with Gasteiger partial charge in [0.1, 0.15) is 4.60 Å². The van der Waals surface area contributed by atoms with Crippen LogP contribution in [0.1, 0.15) is 5.56 Å². The van der Waals surface area contributed by atoms with Crippen molar-refractivity contribution in [3.8, 4) is 0 Å². The number of sulfonamides is 1. The van der Waals surface area contributed by atoms with Crippen molar-refractivity contribution in [1.82, 2.24) is 4.98 Å². The molecule has 0 spiro atoms. The minimum Gasteiger partial charge on any atom is -0.397 e. The quantitative estimate of drug-likeness (QED) is 0.636. The number of aromatic nitrogens is 1. The van der Waals surface area contributed by atoms with Crippen molar-refractivity contribution in [1.29, 1.82) is 0 Å². The van der Waals surface area contributed by atoms with Crippen LogP contribution in [-0.2, 0) is 16.4 Å². The van der Waals surface area contributed by atoms with Gasteiger partial charge < -0.3 is 5.73 Å². The smallest absolute Gasteiger partial charge is 0.233 e. The Hall–Kier alpha value is -1.60. The summed E-state index contributed by atoms with van der Waals surface area (Å²) < 4.78 is 27.2. The minimum absolute atomic E-state index is 0.0232. The Kier molecular flexibility index (Phi) is 4.61. The van der Waals surface area contributed by atoms with Crippen molar-refractivity contribution in [2.24, 2.45) is 0 Å². The molecule has 0 aliphatic rings. The second kappa shape index (κ2) is 6.23. The lowest BCUT2D eigenvalue weighted by molar-refractivity contribution is 0.600. The van der Waals surface area contributed by atoms with Crippen LogP contribution in [0.3, 0.4) is 0 Å². The van der Waals surface area contributed by atoms with Crippen LogP contribution in [0.15, 0.2) is 47.2 Å². The average Bonchev–Trinajstić information content (AvgIpc) is 2.41. The summed E-state index contributed by atoms with van der Waals surface area (Å²) in [4.78, 5) is 4.06. The van der Waals surface area contributed by atoms with E-state index in [-0.39, 0.29) is 5.75 Å². The van der Waals surface area contributed by atoms with E-state index in [1.165, 1.54) is 0 Å². The van der Waals surface area contributed by atoms with E-state index in [2.05, 4.69) is 25.6 Å². The molecule has 0 bridgehead atoms. The number of nitrogens with two attached hydrogens (primary N) is 1. The third-order valence-electron chi connectivity index (χ3n) is 2.67. The Bertz CT molecular complexity index is 687. The number of benzene rings is 1. The average molecular weight is 356 g/mol. The van der Waals surface area contributed by atoms with Gasteiger partial charge >= 0.3 is 0 Å². The first kappa shape index (κ1) is 14.8. The van der Waals surface area contributed by atoms with Crippen molar-refractivity contribution < 1.29 is 8.42 Å². The number of aryl methyl sites for hydroxylation is 1. The van der Waals surface area contributed by atoms with E-state index in [9.17, 15) is 8.42 Å². The number of nitrogens with zero attached hydrogens (tertiary/aromatic N) is 1. The highest BCUT2D eigenvalue weighted by atomic mass is 79.9. The molecular weight excluding hydrogens is 342 g/mol. The van der Waals surface area contributed by atoms with Gasteiger partial charge in [0.2, 0.25) is 10.0 Å². The molecule has 0 radical (unpaired) electrons. The molecule has 0 aliphatic heterocycles. The molecule has 2 rings (SSSR count). The normalized spacial score (nSPS) is 11.2. The Morgan fingerprint density at radius 1 is 1.20 bits per heavy atom. The van der Waals surface area contributed by atoms with Gasteiger partial charge in [-0.25, -0.2) is 13.4 Å². The molecule has 0 fully saturated rings. The van der Waals surface area contributed by atoms with Crippen molar-refractivity contribution in [3.63, 3.8) is 0 Å². The van der Waals surface area contributed by atoms with Crippen LogP contribution in [0.25, 0.3) is 0 Å². The van der Waals surface area contributed by atoms with Crippen molar-refractivity contribution >= 4 is 37.3 Å². The number of hydrogen-bond donors (Lipinski definition) is 2. The summed E-state index contributed by atoms with van der Waals surface area (Å²) in [6.45, 7) is 0. The van der Waals surface area contributed by atoms with Gasteiger partial charge in [0, 0.05) is 6.20 Å². The summed E-state index contributed by atoms with van der Waals surface area (Å²) in [5.74, 6) is -0.0232. The van der Waals surface area contributed by atoms with Gasteiger partial charge in [0.25, 0.3) is 0 Å². The molecule has 0 unspecified atom stereocenters. The largest absolute Gasteiger partial charge is 0.397 e. The number of anilines is 2. The Labute approximate surface area is 126 Å². The lowest BCUT2D eigenvalue weighted by Gasteiger charge is -2.10.